The third-order valence-corrected chi connectivity index (χ3v) is 3.40. The number of H-pyrrole nitrogens is 1. The second-order valence-corrected chi connectivity index (χ2v) is 4.95. The molecule has 0 bridgehead atoms. The van der Waals surface area contributed by atoms with Crippen LogP contribution in [0.1, 0.15) is 24.1 Å². The molecule has 0 aliphatic heterocycles. The van der Waals surface area contributed by atoms with Gasteiger partial charge in [-0.3, -0.25) is 5.10 Å². The van der Waals surface area contributed by atoms with Gasteiger partial charge in [0.2, 0.25) is 0 Å². The largest absolute Gasteiger partial charge is 0.378 e. The maximum atomic E-state index is 4.04. The lowest BCUT2D eigenvalue weighted by Gasteiger charge is -2.16. The summed E-state index contributed by atoms with van der Waals surface area (Å²) >= 11 is 0. The van der Waals surface area contributed by atoms with Crippen molar-refractivity contribution >= 4 is 16.6 Å². The Kier molecular flexibility index (Phi) is 2.95. The number of nitrogens with one attached hydrogen (secondary N) is 2. The third-order valence-electron chi connectivity index (χ3n) is 3.40. The van der Waals surface area contributed by atoms with Crippen molar-refractivity contribution in [2.45, 2.75) is 19.9 Å². The van der Waals surface area contributed by atoms with Crippen LogP contribution in [0.25, 0.3) is 10.9 Å². The fraction of sp³-hybridized carbons (Fsp3) is 0.188. The second kappa shape index (κ2) is 4.76. The molecule has 3 rings (SSSR count). The first-order valence-corrected chi connectivity index (χ1v) is 6.48. The predicted octanol–water partition coefficient (Wildman–Crippen LogP) is 4.04. The SMILES string of the molecule is Cc1ccc(C(C)Nc2ccc3cn[nH]c3c2)cc1. The number of fused-ring (bicyclic) bond motifs is 1. The van der Waals surface area contributed by atoms with Gasteiger partial charge in [0.1, 0.15) is 0 Å². The number of aryl methyl sites for hydroxylation is 1. The fourth-order valence-electron chi connectivity index (χ4n) is 2.22. The second-order valence-electron chi connectivity index (χ2n) is 4.95. The number of aromatic amines is 1. The molecule has 0 aliphatic carbocycles. The highest BCUT2D eigenvalue weighted by molar-refractivity contribution is 5.81. The Bertz CT molecular complexity index is 683. The Morgan fingerprint density at radius 3 is 2.68 bits per heavy atom. The molecule has 2 N–H and O–H groups in total. The van der Waals surface area contributed by atoms with Crippen LogP contribution in [0.15, 0.2) is 48.7 Å². The Hall–Kier alpha value is -2.29. The fourth-order valence-corrected chi connectivity index (χ4v) is 2.22. The van der Waals surface area contributed by atoms with Gasteiger partial charge in [-0.2, -0.15) is 5.10 Å². The number of hydrogen-bond acceptors (Lipinski definition) is 2. The summed E-state index contributed by atoms with van der Waals surface area (Å²) in [6.45, 7) is 4.27. The van der Waals surface area contributed by atoms with E-state index in [1.165, 1.54) is 11.1 Å². The summed E-state index contributed by atoms with van der Waals surface area (Å²) in [6.07, 6.45) is 1.84. The molecule has 0 amide bonds. The molecule has 0 fully saturated rings. The molecular formula is C16H17N3. The summed E-state index contributed by atoms with van der Waals surface area (Å²) in [5.74, 6) is 0. The van der Waals surface area contributed by atoms with E-state index in [1.54, 1.807) is 0 Å². The molecule has 0 saturated heterocycles. The number of anilines is 1. The number of aromatic nitrogens is 2. The van der Waals surface area contributed by atoms with E-state index in [0.29, 0.717) is 0 Å². The van der Waals surface area contributed by atoms with E-state index in [-0.39, 0.29) is 6.04 Å². The molecule has 1 aromatic heterocycles. The van der Waals surface area contributed by atoms with E-state index < -0.39 is 0 Å². The van der Waals surface area contributed by atoms with Crippen molar-refractivity contribution in [1.29, 1.82) is 0 Å². The van der Waals surface area contributed by atoms with Crippen molar-refractivity contribution in [2.75, 3.05) is 5.32 Å². The van der Waals surface area contributed by atoms with Crippen LogP contribution in [0.3, 0.4) is 0 Å². The van der Waals surface area contributed by atoms with E-state index in [2.05, 4.69) is 71.8 Å². The molecule has 0 radical (unpaired) electrons. The topological polar surface area (TPSA) is 40.7 Å². The lowest BCUT2D eigenvalue weighted by atomic mass is 10.1. The molecule has 0 aliphatic rings. The van der Waals surface area contributed by atoms with Crippen LogP contribution in [0.5, 0.6) is 0 Å². The first-order chi connectivity index (χ1) is 9.22. The van der Waals surface area contributed by atoms with Crippen molar-refractivity contribution in [2.24, 2.45) is 0 Å². The molecule has 3 heteroatoms. The van der Waals surface area contributed by atoms with Crippen LogP contribution in [-0.4, -0.2) is 10.2 Å². The lowest BCUT2D eigenvalue weighted by Crippen LogP contribution is -2.06. The molecule has 0 spiro atoms. The summed E-state index contributed by atoms with van der Waals surface area (Å²) in [5.41, 5.74) is 4.73. The van der Waals surface area contributed by atoms with Crippen LogP contribution in [-0.2, 0) is 0 Å². The predicted molar refractivity (Wildman–Crippen MR) is 79.3 cm³/mol. The van der Waals surface area contributed by atoms with Crippen molar-refractivity contribution in [3.8, 4) is 0 Å². The van der Waals surface area contributed by atoms with Gasteiger partial charge in [0.15, 0.2) is 0 Å². The zero-order valence-corrected chi connectivity index (χ0v) is 11.1. The van der Waals surface area contributed by atoms with Crippen LogP contribution in [0.2, 0.25) is 0 Å². The average Bonchev–Trinajstić information content (AvgIpc) is 2.87. The molecule has 3 nitrogen and oxygen atoms in total. The highest BCUT2D eigenvalue weighted by Gasteiger charge is 2.05. The van der Waals surface area contributed by atoms with Crippen LogP contribution >= 0.6 is 0 Å². The summed E-state index contributed by atoms with van der Waals surface area (Å²) in [4.78, 5) is 0. The van der Waals surface area contributed by atoms with Crippen LogP contribution in [0, 0.1) is 6.92 Å². The van der Waals surface area contributed by atoms with Gasteiger partial charge in [0, 0.05) is 17.1 Å². The van der Waals surface area contributed by atoms with Gasteiger partial charge >= 0.3 is 0 Å². The van der Waals surface area contributed by atoms with Gasteiger partial charge < -0.3 is 5.32 Å². The first-order valence-electron chi connectivity index (χ1n) is 6.48. The smallest absolute Gasteiger partial charge is 0.0670 e. The standard InChI is InChI=1S/C16H17N3/c1-11-3-5-13(6-4-11)12(2)18-15-8-7-14-10-17-19-16(14)9-15/h3-10,12,18H,1-2H3,(H,17,19). The van der Waals surface area contributed by atoms with Gasteiger partial charge in [0.05, 0.1) is 11.7 Å². The van der Waals surface area contributed by atoms with Crippen LogP contribution < -0.4 is 5.32 Å². The van der Waals surface area contributed by atoms with Gasteiger partial charge in [-0.25, -0.2) is 0 Å². The van der Waals surface area contributed by atoms with Crippen molar-refractivity contribution in [3.63, 3.8) is 0 Å². The maximum absolute atomic E-state index is 4.04. The maximum Gasteiger partial charge on any atom is 0.0670 e. The number of benzene rings is 2. The molecule has 1 unspecified atom stereocenters. The van der Waals surface area contributed by atoms with Crippen LogP contribution in [0.4, 0.5) is 5.69 Å². The van der Waals surface area contributed by atoms with Crippen molar-refractivity contribution < 1.29 is 0 Å². The molecule has 3 aromatic rings. The van der Waals surface area contributed by atoms with Gasteiger partial charge in [-0.1, -0.05) is 29.8 Å². The molecule has 1 heterocycles. The van der Waals surface area contributed by atoms with Gasteiger partial charge in [-0.15, -0.1) is 0 Å². The number of nitrogens with zero attached hydrogens (tertiary/aromatic N) is 1. The molecule has 96 valence electrons. The quantitative estimate of drug-likeness (QED) is 0.737. The summed E-state index contributed by atoms with van der Waals surface area (Å²) in [5, 5.41) is 11.7. The summed E-state index contributed by atoms with van der Waals surface area (Å²) in [6, 6.07) is 15.2. The minimum Gasteiger partial charge on any atom is -0.378 e. The Balaban J connectivity index is 1.81. The molecule has 0 saturated carbocycles. The van der Waals surface area contributed by atoms with E-state index in [9.17, 15) is 0 Å². The molecule has 1 atom stereocenters. The van der Waals surface area contributed by atoms with Gasteiger partial charge in [0.25, 0.3) is 0 Å². The summed E-state index contributed by atoms with van der Waals surface area (Å²) in [7, 11) is 0. The Morgan fingerprint density at radius 1 is 1.11 bits per heavy atom. The first kappa shape index (κ1) is 11.8. The molecule has 2 aromatic carbocycles. The normalized spacial score (nSPS) is 12.5. The number of hydrogen-bond donors (Lipinski definition) is 2. The van der Waals surface area contributed by atoms with E-state index in [0.717, 1.165) is 16.6 Å². The van der Waals surface area contributed by atoms with E-state index in [1.807, 2.05) is 6.20 Å². The summed E-state index contributed by atoms with van der Waals surface area (Å²) < 4.78 is 0. The van der Waals surface area contributed by atoms with Crippen molar-refractivity contribution in [3.05, 3.63) is 59.8 Å². The third kappa shape index (κ3) is 2.45. The molecular weight excluding hydrogens is 234 g/mol. The minimum absolute atomic E-state index is 0.279. The Morgan fingerprint density at radius 2 is 1.89 bits per heavy atom. The highest BCUT2D eigenvalue weighted by Crippen LogP contribution is 2.22. The monoisotopic (exact) mass is 251 g/mol. The van der Waals surface area contributed by atoms with E-state index >= 15 is 0 Å². The lowest BCUT2D eigenvalue weighted by molar-refractivity contribution is 0.884. The zero-order chi connectivity index (χ0) is 13.2. The molecule has 19 heavy (non-hydrogen) atoms. The average molecular weight is 251 g/mol. The number of rotatable bonds is 3. The minimum atomic E-state index is 0.279. The van der Waals surface area contributed by atoms with Gasteiger partial charge in [-0.05, 0) is 37.6 Å². The van der Waals surface area contributed by atoms with Crippen molar-refractivity contribution in [1.82, 2.24) is 10.2 Å². The zero-order valence-electron chi connectivity index (χ0n) is 11.1. The van der Waals surface area contributed by atoms with E-state index in [4.69, 9.17) is 0 Å². The Labute approximate surface area is 112 Å². The highest BCUT2D eigenvalue weighted by atomic mass is 15.1.